The molecule has 0 saturated heterocycles. The first-order valence-corrected chi connectivity index (χ1v) is 9.10. The van der Waals surface area contributed by atoms with Crippen molar-refractivity contribution in [1.29, 1.82) is 0 Å². The standard InChI is InChI=1S/C21H20N4O2/c1-14-23-20(22-12-15-6-7-18-19(10-15)27-13-26-18)11-21(24-14)25-9-8-16-4-2-3-5-17(16)25/h2-7,10-11H,8-9,12-13H2,1H3,(H,22,23,24). The van der Waals surface area contributed by atoms with E-state index in [2.05, 4.69) is 44.5 Å². The van der Waals surface area contributed by atoms with Crippen molar-refractivity contribution in [2.24, 2.45) is 0 Å². The minimum Gasteiger partial charge on any atom is -0.454 e. The minimum atomic E-state index is 0.290. The van der Waals surface area contributed by atoms with Crippen molar-refractivity contribution < 1.29 is 9.47 Å². The van der Waals surface area contributed by atoms with Crippen LogP contribution in [-0.4, -0.2) is 23.3 Å². The van der Waals surface area contributed by atoms with Crippen LogP contribution in [-0.2, 0) is 13.0 Å². The number of anilines is 3. The van der Waals surface area contributed by atoms with Crippen molar-refractivity contribution in [3.8, 4) is 11.5 Å². The fourth-order valence-electron chi connectivity index (χ4n) is 3.60. The number of aromatic nitrogens is 2. The van der Waals surface area contributed by atoms with E-state index in [0.29, 0.717) is 6.54 Å². The van der Waals surface area contributed by atoms with E-state index in [1.54, 1.807) is 0 Å². The molecule has 1 N–H and O–H groups in total. The average molecular weight is 360 g/mol. The monoisotopic (exact) mass is 360 g/mol. The summed E-state index contributed by atoms with van der Waals surface area (Å²) in [6.07, 6.45) is 1.04. The molecule has 2 aliphatic rings. The Labute approximate surface area is 157 Å². The molecule has 3 aromatic rings. The van der Waals surface area contributed by atoms with E-state index in [4.69, 9.17) is 9.47 Å². The summed E-state index contributed by atoms with van der Waals surface area (Å²) >= 11 is 0. The van der Waals surface area contributed by atoms with Gasteiger partial charge < -0.3 is 19.7 Å². The normalized spacial score (nSPS) is 14.3. The highest BCUT2D eigenvalue weighted by atomic mass is 16.7. The zero-order valence-corrected chi connectivity index (χ0v) is 15.1. The van der Waals surface area contributed by atoms with Gasteiger partial charge in [-0.25, -0.2) is 9.97 Å². The van der Waals surface area contributed by atoms with Crippen molar-refractivity contribution in [1.82, 2.24) is 9.97 Å². The molecule has 27 heavy (non-hydrogen) atoms. The molecule has 0 saturated carbocycles. The average Bonchev–Trinajstić information content (AvgIpc) is 3.32. The quantitative estimate of drug-likeness (QED) is 0.763. The summed E-state index contributed by atoms with van der Waals surface area (Å²) in [4.78, 5) is 11.5. The van der Waals surface area contributed by atoms with Gasteiger partial charge in [-0.1, -0.05) is 24.3 Å². The van der Waals surface area contributed by atoms with Gasteiger partial charge in [0, 0.05) is 24.8 Å². The predicted molar refractivity (Wildman–Crippen MR) is 104 cm³/mol. The molecule has 6 nitrogen and oxygen atoms in total. The van der Waals surface area contributed by atoms with E-state index >= 15 is 0 Å². The predicted octanol–water partition coefficient (Wildman–Crippen LogP) is 3.82. The summed E-state index contributed by atoms with van der Waals surface area (Å²) in [6.45, 7) is 3.82. The van der Waals surface area contributed by atoms with Gasteiger partial charge in [-0.2, -0.15) is 0 Å². The van der Waals surface area contributed by atoms with Crippen LogP contribution < -0.4 is 19.7 Å². The molecule has 6 heteroatoms. The minimum absolute atomic E-state index is 0.290. The number of aryl methyl sites for hydroxylation is 1. The van der Waals surface area contributed by atoms with Crippen LogP contribution in [0.2, 0.25) is 0 Å². The number of ether oxygens (including phenoxy) is 2. The Kier molecular flexibility index (Phi) is 3.81. The second kappa shape index (κ2) is 6.46. The maximum Gasteiger partial charge on any atom is 0.231 e. The van der Waals surface area contributed by atoms with E-state index in [-0.39, 0.29) is 6.79 Å². The Morgan fingerprint density at radius 3 is 2.89 bits per heavy atom. The molecule has 2 aliphatic heterocycles. The summed E-state index contributed by atoms with van der Waals surface area (Å²) < 4.78 is 10.8. The lowest BCUT2D eigenvalue weighted by Gasteiger charge is -2.19. The molecule has 0 spiro atoms. The molecule has 5 rings (SSSR count). The molecule has 0 aliphatic carbocycles. The molecular formula is C21H20N4O2. The van der Waals surface area contributed by atoms with E-state index in [9.17, 15) is 0 Å². The van der Waals surface area contributed by atoms with Gasteiger partial charge in [0.2, 0.25) is 6.79 Å². The summed E-state index contributed by atoms with van der Waals surface area (Å²) in [5.41, 5.74) is 3.71. The van der Waals surface area contributed by atoms with Gasteiger partial charge in [0.15, 0.2) is 11.5 Å². The first-order valence-electron chi connectivity index (χ1n) is 9.10. The van der Waals surface area contributed by atoms with Crippen LogP contribution in [0.3, 0.4) is 0 Å². The summed E-state index contributed by atoms with van der Waals surface area (Å²) in [5.74, 6) is 4.10. The molecule has 0 radical (unpaired) electrons. The topological polar surface area (TPSA) is 59.5 Å². The zero-order valence-electron chi connectivity index (χ0n) is 15.1. The third-order valence-corrected chi connectivity index (χ3v) is 4.90. The lowest BCUT2D eigenvalue weighted by molar-refractivity contribution is 0.174. The summed E-state index contributed by atoms with van der Waals surface area (Å²) in [5, 5.41) is 3.41. The van der Waals surface area contributed by atoms with Gasteiger partial charge in [0.05, 0.1) is 0 Å². The highest BCUT2D eigenvalue weighted by molar-refractivity contribution is 5.69. The largest absolute Gasteiger partial charge is 0.454 e. The number of hydrogen-bond acceptors (Lipinski definition) is 6. The van der Waals surface area contributed by atoms with Crippen molar-refractivity contribution in [2.75, 3.05) is 23.6 Å². The van der Waals surface area contributed by atoms with Crippen molar-refractivity contribution in [3.63, 3.8) is 0 Å². The number of fused-ring (bicyclic) bond motifs is 2. The van der Waals surface area contributed by atoms with Crippen molar-refractivity contribution >= 4 is 17.3 Å². The lowest BCUT2D eigenvalue weighted by atomic mass is 10.2. The number of hydrogen-bond donors (Lipinski definition) is 1. The number of para-hydroxylation sites is 1. The zero-order chi connectivity index (χ0) is 18.2. The van der Waals surface area contributed by atoms with Gasteiger partial charge in [-0.05, 0) is 42.7 Å². The Hall–Kier alpha value is -3.28. The Morgan fingerprint density at radius 1 is 1.04 bits per heavy atom. The number of rotatable bonds is 4. The van der Waals surface area contributed by atoms with Crippen LogP contribution in [0.4, 0.5) is 17.3 Å². The molecule has 0 unspecified atom stereocenters. The second-order valence-electron chi connectivity index (χ2n) is 6.73. The van der Waals surface area contributed by atoms with Crippen LogP contribution in [0.1, 0.15) is 17.0 Å². The molecular weight excluding hydrogens is 340 g/mol. The number of nitrogens with one attached hydrogen (secondary N) is 1. The fourth-order valence-corrected chi connectivity index (χ4v) is 3.60. The third kappa shape index (κ3) is 3.03. The molecule has 1 aromatic heterocycles. The Morgan fingerprint density at radius 2 is 1.93 bits per heavy atom. The Balaban J connectivity index is 1.37. The van der Waals surface area contributed by atoms with Gasteiger partial charge in [-0.15, -0.1) is 0 Å². The van der Waals surface area contributed by atoms with E-state index < -0.39 is 0 Å². The van der Waals surface area contributed by atoms with Crippen LogP contribution in [0.25, 0.3) is 0 Å². The first-order chi connectivity index (χ1) is 13.3. The van der Waals surface area contributed by atoms with E-state index in [0.717, 1.165) is 47.5 Å². The fraction of sp³-hybridized carbons (Fsp3) is 0.238. The van der Waals surface area contributed by atoms with Crippen LogP contribution in [0, 0.1) is 6.92 Å². The maximum atomic E-state index is 5.45. The molecule has 0 atom stereocenters. The van der Waals surface area contributed by atoms with Crippen LogP contribution in [0.15, 0.2) is 48.5 Å². The second-order valence-corrected chi connectivity index (χ2v) is 6.73. The number of benzene rings is 2. The van der Waals surface area contributed by atoms with Gasteiger partial charge in [0.1, 0.15) is 17.5 Å². The molecule has 136 valence electrons. The van der Waals surface area contributed by atoms with Gasteiger partial charge in [0.25, 0.3) is 0 Å². The van der Waals surface area contributed by atoms with Gasteiger partial charge >= 0.3 is 0 Å². The highest BCUT2D eigenvalue weighted by Gasteiger charge is 2.21. The van der Waals surface area contributed by atoms with Crippen LogP contribution in [0.5, 0.6) is 11.5 Å². The van der Waals surface area contributed by atoms with Crippen molar-refractivity contribution in [3.05, 3.63) is 65.5 Å². The number of nitrogens with zero attached hydrogens (tertiary/aromatic N) is 3. The van der Waals surface area contributed by atoms with E-state index in [1.807, 2.05) is 31.2 Å². The highest BCUT2D eigenvalue weighted by Crippen LogP contribution is 2.34. The molecule has 2 aromatic carbocycles. The first kappa shape index (κ1) is 15.9. The smallest absolute Gasteiger partial charge is 0.231 e. The summed E-state index contributed by atoms with van der Waals surface area (Å²) in [6, 6.07) is 16.5. The molecule has 0 amide bonds. The molecule has 3 heterocycles. The lowest BCUT2D eigenvalue weighted by Crippen LogP contribution is -2.16. The maximum absolute atomic E-state index is 5.45. The Bertz CT molecular complexity index is 1010. The third-order valence-electron chi connectivity index (χ3n) is 4.90. The molecule has 0 bridgehead atoms. The molecule has 0 fully saturated rings. The summed E-state index contributed by atoms with van der Waals surface area (Å²) in [7, 11) is 0. The van der Waals surface area contributed by atoms with E-state index in [1.165, 1.54) is 11.3 Å². The van der Waals surface area contributed by atoms with Crippen molar-refractivity contribution in [2.45, 2.75) is 19.9 Å². The van der Waals surface area contributed by atoms with Crippen LogP contribution >= 0.6 is 0 Å². The van der Waals surface area contributed by atoms with Gasteiger partial charge in [-0.3, -0.25) is 0 Å². The SMILES string of the molecule is Cc1nc(NCc2ccc3c(c2)OCO3)cc(N2CCc3ccccc32)n1.